The minimum Gasteiger partial charge on any atom is -0.454 e. The molecule has 96 valence electrons. The van der Waals surface area contributed by atoms with Gasteiger partial charge < -0.3 is 19.7 Å². The second kappa shape index (κ2) is 3.79. The molecule has 0 bridgehead atoms. The molecule has 4 nitrogen and oxygen atoms in total. The molecule has 0 amide bonds. The van der Waals surface area contributed by atoms with Crippen molar-refractivity contribution in [3.63, 3.8) is 0 Å². The lowest BCUT2D eigenvalue weighted by Crippen LogP contribution is -2.60. The van der Waals surface area contributed by atoms with Crippen molar-refractivity contribution < 1.29 is 9.47 Å². The number of fused-ring (bicyclic) bond motifs is 1. The summed E-state index contributed by atoms with van der Waals surface area (Å²) in [6, 6.07) is 6.27. The Kier molecular flexibility index (Phi) is 2.21. The lowest BCUT2D eigenvalue weighted by Gasteiger charge is -2.53. The van der Waals surface area contributed by atoms with Gasteiger partial charge >= 0.3 is 0 Å². The summed E-state index contributed by atoms with van der Waals surface area (Å²) >= 11 is 0. The van der Waals surface area contributed by atoms with Crippen LogP contribution in [0.5, 0.6) is 11.5 Å². The van der Waals surface area contributed by atoms with Gasteiger partial charge in [-0.1, -0.05) is 0 Å². The minimum atomic E-state index is 0.356. The fourth-order valence-electron chi connectivity index (χ4n) is 3.30. The van der Waals surface area contributed by atoms with Gasteiger partial charge in [0, 0.05) is 30.3 Å². The van der Waals surface area contributed by atoms with Gasteiger partial charge in [-0.3, -0.25) is 0 Å². The van der Waals surface area contributed by atoms with Crippen molar-refractivity contribution >= 4 is 5.69 Å². The predicted octanol–water partition coefficient (Wildman–Crippen LogP) is 1.61. The molecule has 0 atom stereocenters. The van der Waals surface area contributed by atoms with E-state index in [0.29, 0.717) is 12.2 Å². The van der Waals surface area contributed by atoms with Crippen molar-refractivity contribution in [3.8, 4) is 11.5 Å². The maximum atomic E-state index is 5.44. The molecule has 0 saturated carbocycles. The minimum absolute atomic E-state index is 0.356. The summed E-state index contributed by atoms with van der Waals surface area (Å²) < 4.78 is 10.8. The van der Waals surface area contributed by atoms with Gasteiger partial charge in [-0.25, -0.2) is 0 Å². The molecule has 1 N–H and O–H groups in total. The number of benzene rings is 1. The topological polar surface area (TPSA) is 33.7 Å². The first-order valence-corrected chi connectivity index (χ1v) is 6.70. The van der Waals surface area contributed by atoms with E-state index in [9.17, 15) is 0 Å². The molecule has 18 heavy (non-hydrogen) atoms. The molecule has 1 aromatic carbocycles. The Bertz CT molecular complexity index is 461. The Morgan fingerprint density at radius 3 is 2.67 bits per heavy atom. The molecule has 0 aliphatic carbocycles. The van der Waals surface area contributed by atoms with Crippen molar-refractivity contribution in [1.82, 2.24) is 5.32 Å². The van der Waals surface area contributed by atoms with Crippen molar-refractivity contribution in [2.24, 2.45) is 5.41 Å². The highest BCUT2D eigenvalue weighted by Gasteiger charge is 2.43. The van der Waals surface area contributed by atoms with Crippen molar-refractivity contribution in [2.75, 3.05) is 37.9 Å². The van der Waals surface area contributed by atoms with E-state index < -0.39 is 0 Å². The van der Waals surface area contributed by atoms with Gasteiger partial charge in [0.2, 0.25) is 6.79 Å². The standard InChI is InChI=1S/C14H18N2O2/c1-2-12-13(18-10-17-12)7-11(1)16-8-14(9-16)3-5-15-6-4-14/h1-2,7,15H,3-6,8-10H2. The Morgan fingerprint density at radius 2 is 1.83 bits per heavy atom. The molecule has 0 unspecified atom stereocenters. The molecule has 3 aliphatic heterocycles. The molecular formula is C14H18N2O2. The molecule has 4 heteroatoms. The zero-order valence-electron chi connectivity index (χ0n) is 10.4. The molecule has 3 heterocycles. The van der Waals surface area contributed by atoms with Gasteiger partial charge in [0.1, 0.15) is 0 Å². The number of ether oxygens (including phenoxy) is 2. The van der Waals surface area contributed by atoms with Crippen LogP contribution in [0.2, 0.25) is 0 Å². The molecule has 4 rings (SSSR count). The fraction of sp³-hybridized carbons (Fsp3) is 0.571. The van der Waals surface area contributed by atoms with Crippen molar-refractivity contribution in [2.45, 2.75) is 12.8 Å². The van der Waals surface area contributed by atoms with E-state index in [4.69, 9.17) is 9.47 Å². The molecule has 2 fully saturated rings. The van der Waals surface area contributed by atoms with E-state index in [1.807, 2.05) is 6.07 Å². The van der Waals surface area contributed by atoms with Crippen LogP contribution in [0.4, 0.5) is 5.69 Å². The highest BCUT2D eigenvalue weighted by atomic mass is 16.7. The van der Waals surface area contributed by atoms with Gasteiger partial charge in [-0.05, 0) is 38.1 Å². The summed E-state index contributed by atoms with van der Waals surface area (Å²) in [6.07, 6.45) is 2.63. The molecule has 2 saturated heterocycles. The normalized spacial score (nSPS) is 24.1. The van der Waals surface area contributed by atoms with E-state index in [1.165, 1.54) is 44.7 Å². The zero-order chi connectivity index (χ0) is 12.0. The van der Waals surface area contributed by atoms with Crippen LogP contribution in [-0.2, 0) is 0 Å². The third-order valence-electron chi connectivity index (χ3n) is 4.44. The highest BCUT2D eigenvalue weighted by Crippen LogP contribution is 2.43. The summed E-state index contributed by atoms with van der Waals surface area (Å²) in [5.74, 6) is 1.76. The molecular weight excluding hydrogens is 228 g/mol. The summed E-state index contributed by atoms with van der Waals surface area (Å²) in [4.78, 5) is 2.45. The van der Waals surface area contributed by atoms with E-state index in [0.717, 1.165) is 11.5 Å². The molecule has 3 aliphatic rings. The molecule has 0 radical (unpaired) electrons. The molecule has 1 aromatic rings. The number of hydrogen-bond donors (Lipinski definition) is 1. The average Bonchev–Trinajstić information content (AvgIpc) is 2.84. The third-order valence-corrected chi connectivity index (χ3v) is 4.44. The van der Waals surface area contributed by atoms with E-state index in [2.05, 4.69) is 22.3 Å². The van der Waals surface area contributed by atoms with Gasteiger partial charge in [0.25, 0.3) is 0 Å². The first-order valence-electron chi connectivity index (χ1n) is 6.70. The lowest BCUT2D eigenvalue weighted by molar-refractivity contribution is 0.150. The van der Waals surface area contributed by atoms with E-state index in [1.54, 1.807) is 0 Å². The predicted molar refractivity (Wildman–Crippen MR) is 69.3 cm³/mol. The third kappa shape index (κ3) is 1.56. The first-order chi connectivity index (χ1) is 8.85. The quantitative estimate of drug-likeness (QED) is 0.816. The summed E-state index contributed by atoms with van der Waals surface area (Å²) in [5, 5.41) is 3.44. The zero-order valence-corrected chi connectivity index (χ0v) is 10.4. The van der Waals surface area contributed by atoms with E-state index in [-0.39, 0.29) is 0 Å². The SMILES string of the molecule is c1cc2c(cc1N1CC3(CCNCC3)C1)OCO2. The van der Waals surface area contributed by atoms with Crippen molar-refractivity contribution in [3.05, 3.63) is 18.2 Å². The van der Waals surface area contributed by atoms with Crippen LogP contribution in [0.15, 0.2) is 18.2 Å². The smallest absolute Gasteiger partial charge is 0.231 e. The maximum Gasteiger partial charge on any atom is 0.231 e. The molecule has 0 aromatic heterocycles. The Morgan fingerprint density at radius 1 is 1.06 bits per heavy atom. The summed E-state index contributed by atoms with van der Waals surface area (Å²) in [6.45, 7) is 5.08. The monoisotopic (exact) mass is 246 g/mol. The fourth-order valence-corrected chi connectivity index (χ4v) is 3.30. The van der Waals surface area contributed by atoms with Crippen LogP contribution in [0.25, 0.3) is 0 Å². The van der Waals surface area contributed by atoms with Gasteiger partial charge in [0.05, 0.1) is 0 Å². The summed E-state index contributed by atoms with van der Waals surface area (Å²) in [7, 11) is 0. The Balaban J connectivity index is 1.49. The number of anilines is 1. The Labute approximate surface area is 107 Å². The van der Waals surface area contributed by atoms with Crippen LogP contribution in [-0.4, -0.2) is 33.0 Å². The van der Waals surface area contributed by atoms with Crippen LogP contribution in [0, 0.1) is 5.41 Å². The summed E-state index contributed by atoms with van der Waals surface area (Å²) in [5.41, 5.74) is 1.84. The number of rotatable bonds is 1. The lowest BCUT2D eigenvalue weighted by atomic mass is 9.72. The van der Waals surface area contributed by atoms with Gasteiger partial charge in [-0.2, -0.15) is 0 Å². The van der Waals surface area contributed by atoms with Gasteiger partial charge in [0.15, 0.2) is 11.5 Å². The highest BCUT2D eigenvalue weighted by molar-refractivity contribution is 5.58. The van der Waals surface area contributed by atoms with E-state index >= 15 is 0 Å². The van der Waals surface area contributed by atoms with Crippen LogP contribution >= 0.6 is 0 Å². The second-order valence-electron chi connectivity index (χ2n) is 5.64. The van der Waals surface area contributed by atoms with Crippen LogP contribution in [0.1, 0.15) is 12.8 Å². The van der Waals surface area contributed by atoms with Crippen LogP contribution in [0.3, 0.4) is 0 Å². The average molecular weight is 246 g/mol. The molecule has 1 spiro atoms. The largest absolute Gasteiger partial charge is 0.454 e. The van der Waals surface area contributed by atoms with Gasteiger partial charge in [-0.15, -0.1) is 0 Å². The Hall–Kier alpha value is -1.42. The van der Waals surface area contributed by atoms with Crippen molar-refractivity contribution in [1.29, 1.82) is 0 Å². The number of nitrogens with one attached hydrogen (secondary N) is 1. The maximum absolute atomic E-state index is 5.44. The number of piperidine rings is 1. The van der Waals surface area contributed by atoms with Crippen LogP contribution < -0.4 is 19.7 Å². The first kappa shape index (κ1) is 10.5. The number of hydrogen-bond acceptors (Lipinski definition) is 4. The number of nitrogens with zero attached hydrogens (tertiary/aromatic N) is 1. The second-order valence-corrected chi connectivity index (χ2v) is 5.64.